The molecule has 4 N–H and O–H groups in total. The molecule has 1 atom stereocenters. The van der Waals surface area contributed by atoms with Crippen LogP contribution < -0.4 is 16.4 Å². The summed E-state index contributed by atoms with van der Waals surface area (Å²) in [4.78, 5) is 19.3. The third kappa shape index (κ3) is 4.31. The molecule has 0 aliphatic carbocycles. The molecule has 0 aromatic carbocycles. The van der Waals surface area contributed by atoms with Crippen molar-refractivity contribution in [3.8, 4) is 0 Å². The van der Waals surface area contributed by atoms with Crippen LogP contribution in [0, 0.1) is 0 Å². The lowest BCUT2D eigenvalue weighted by atomic mass is 10.1. The fourth-order valence-corrected chi connectivity index (χ4v) is 3.40. The van der Waals surface area contributed by atoms with Crippen molar-refractivity contribution in [3.05, 3.63) is 4.88 Å². The van der Waals surface area contributed by atoms with Gasteiger partial charge in [-0.15, -0.1) is 0 Å². The second-order valence-electron chi connectivity index (χ2n) is 5.42. The van der Waals surface area contributed by atoms with Crippen molar-refractivity contribution in [2.24, 2.45) is 0 Å². The van der Waals surface area contributed by atoms with Crippen LogP contribution in [-0.4, -0.2) is 48.0 Å². The van der Waals surface area contributed by atoms with Gasteiger partial charge >= 0.3 is 0 Å². The molecule has 0 saturated carbocycles. The van der Waals surface area contributed by atoms with Crippen molar-refractivity contribution >= 4 is 28.2 Å². The molecule has 1 amide bonds. The van der Waals surface area contributed by atoms with E-state index in [-0.39, 0.29) is 5.91 Å². The van der Waals surface area contributed by atoms with Crippen LogP contribution in [0.1, 0.15) is 42.8 Å². The van der Waals surface area contributed by atoms with Gasteiger partial charge in [0.1, 0.15) is 10.7 Å². The number of aromatic nitrogens is 1. The highest BCUT2D eigenvalue weighted by Gasteiger charge is 2.20. The van der Waals surface area contributed by atoms with Crippen LogP contribution in [0.3, 0.4) is 0 Å². The van der Waals surface area contributed by atoms with Gasteiger partial charge in [-0.05, 0) is 39.8 Å². The Balaban J connectivity index is 1.86. The molecule has 1 aliphatic rings. The standard InChI is InChI=1S/C14H25N5OS/c1-3-16-14-18-12(15)11(21-14)13(20)17-9-10(2)19-7-5-4-6-8-19/h10H,3-9,15H2,1-2H3,(H,16,18)(H,17,20). The highest BCUT2D eigenvalue weighted by molar-refractivity contribution is 7.18. The van der Waals surface area contributed by atoms with Crippen molar-refractivity contribution in [1.82, 2.24) is 15.2 Å². The Morgan fingerprint density at radius 1 is 1.43 bits per heavy atom. The molecule has 1 saturated heterocycles. The average Bonchev–Trinajstić information content (AvgIpc) is 2.86. The Kier molecular flexibility index (Phi) is 5.81. The lowest BCUT2D eigenvalue weighted by Gasteiger charge is -2.32. The minimum atomic E-state index is -0.127. The summed E-state index contributed by atoms with van der Waals surface area (Å²) in [5.74, 6) is 0.178. The maximum Gasteiger partial charge on any atom is 0.265 e. The van der Waals surface area contributed by atoms with Gasteiger partial charge in [-0.25, -0.2) is 4.98 Å². The molecule has 1 unspecified atom stereocenters. The van der Waals surface area contributed by atoms with Crippen LogP contribution >= 0.6 is 11.3 Å². The van der Waals surface area contributed by atoms with Gasteiger partial charge in [0.2, 0.25) is 0 Å². The van der Waals surface area contributed by atoms with Crippen LogP contribution in [0.25, 0.3) is 0 Å². The third-order valence-electron chi connectivity index (χ3n) is 3.76. The number of nitrogens with two attached hydrogens (primary N) is 1. The third-order valence-corrected chi connectivity index (χ3v) is 4.79. The summed E-state index contributed by atoms with van der Waals surface area (Å²) in [5.41, 5.74) is 5.81. The van der Waals surface area contributed by atoms with Gasteiger partial charge in [-0.2, -0.15) is 0 Å². The Hall–Kier alpha value is -1.34. The van der Waals surface area contributed by atoms with Crippen LogP contribution in [0.15, 0.2) is 0 Å². The first-order valence-corrected chi connectivity index (χ1v) is 8.46. The van der Waals surface area contributed by atoms with Gasteiger partial charge in [0.25, 0.3) is 5.91 Å². The molecule has 1 aromatic heterocycles. The Morgan fingerprint density at radius 3 is 2.81 bits per heavy atom. The SMILES string of the molecule is CCNc1nc(N)c(C(=O)NCC(C)N2CCCCC2)s1. The van der Waals surface area contributed by atoms with Crippen LogP contribution in [-0.2, 0) is 0 Å². The van der Waals surface area contributed by atoms with E-state index < -0.39 is 0 Å². The van der Waals surface area contributed by atoms with Crippen molar-refractivity contribution in [1.29, 1.82) is 0 Å². The summed E-state index contributed by atoms with van der Waals surface area (Å²) < 4.78 is 0. The second kappa shape index (κ2) is 7.61. The molecule has 2 rings (SSSR count). The quantitative estimate of drug-likeness (QED) is 0.745. The maximum absolute atomic E-state index is 12.2. The molecular weight excluding hydrogens is 286 g/mol. The summed E-state index contributed by atoms with van der Waals surface area (Å²) in [6, 6.07) is 0.358. The number of carbonyl (C=O) groups excluding carboxylic acids is 1. The van der Waals surface area contributed by atoms with Gasteiger partial charge in [0.05, 0.1) is 0 Å². The lowest BCUT2D eigenvalue weighted by molar-refractivity contribution is 0.0934. The fourth-order valence-electron chi connectivity index (χ4n) is 2.53. The number of nitrogens with one attached hydrogen (secondary N) is 2. The van der Waals surface area contributed by atoms with E-state index in [9.17, 15) is 4.79 Å². The first kappa shape index (κ1) is 16.0. The van der Waals surface area contributed by atoms with E-state index in [0.717, 1.165) is 19.6 Å². The highest BCUT2D eigenvalue weighted by Crippen LogP contribution is 2.24. The number of carbonyl (C=O) groups is 1. The summed E-state index contributed by atoms with van der Waals surface area (Å²) in [7, 11) is 0. The molecule has 1 aromatic rings. The highest BCUT2D eigenvalue weighted by atomic mass is 32.1. The Labute approximate surface area is 130 Å². The molecule has 0 bridgehead atoms. The first-order valence-electron chi connectivity index (χ1n) is 7.64. The summed E-state index contributed by atoms with van der Waals surface area (Å²) in [6.45, 7) is 7.81. The largest absolute Gasteiger partial charge is 0.382 e. The van der Waals surface area contributed by atoms with E-state index in [1.807, 2.05) is 6.92 Å². The number of hydrogen-bond acceptors (Lipinski definition) is 6. The molecule has 0 radical (unpaired) electrons. The first-order chi connectivity index (χ1) is 10.1. The van der Waals surface area contributed by atoms with Crippen LogP contribution in [0.4, 0.5) is 10.9 Å². The predicted molar refractivity (Wildman–Crippen MR) is 87.9 cm³/mol. The van der Waals surface area contributed by atoms with E-state index in [1.54, 1.807) is 0 Å². The molecule has 7 heteroatoms. The number of nitrogen functional groups attached to an aromatic ring is 1. The van der Waals surface area contributed by atoms with Gasteiger partial charge in [-0.3, -0.25) is 9.69 Å². The molecule has 1 aliphatic heterocycles. The number of piperidine rings is 1. The number of nitrogens with zero attached hydrogens (tertiary/aromatic N) is 2. The number of rotatable bonds is 6. The van der Waals surface area contributed by atoms with Crippen LogP contribution in [0.5, 0.6) is 0 Å². The van der Waals surface area contributed by atoms with E-state index in [0.29, 0.717) is 28.4 Å². The normalized spacial score (nSPS) is 17.4. The zero-order chi connectivity index (χ0) is 15.2. The summed E-state index contributed by atoms with van der Waals surface area (Å²) in [6.07, 6.45) is 3.83. The lowest BCUT2D eigenvalue weighted by Crippen LogP contribution is -2.44. The van der Waals surface area contributed by atoms with E-state index in [1.165, 1.54) is 30.6 Å². The van der Waals surface area contributed by atoms with Crippen molar-refractivity contribution in [2.75, 3.05) is 37.2 Å². The van der Waals surface area contributed by atoms with Crippen molar-refractivity contribution < 1.29 is 4.79 Å². The topological polar surface area (TPSA) is 83.3 Å². The van der Waals surface area contributed by atoms with E-state index in [4.69, 9.17) is 5.73 Å². The zero-order valence-electron chi connectivity index (χ0n) is 12.8. The average molecular weight is 311 g/mol. The monoisotopic (exact) mass is 311 g/mol. The molecule has 0 spiro atoms. The molecule has 118 valence electrons. The minimum absolute atomic E-state index is 0.127. The van der Waals surface area contributed by atoms with E-state index in [2.05, 4.69) is 27.4 Å². The van der Waals surface area contributed by atoms with Crippen LogP contribution in [0.2, 0.25) is 0 Å². The number of thiazole rings is 1. The molecular formula is C14H25N5OS. The number of anilines is 2. The molecule has 21 heavy (non-hydrogen) atoms. The van der Waals surface area contributed by atoms with Gasteiger partial charge < -0.3 is 16.4 Å². The minimum Gasteiger partial charge on any atom is -0.382 e. The fraction of sp³-hybridized carbons (Fsp3) is 0.714. The maximum atomic E-state index is 12.2. The number of hydrogen-bond donors (Lipinski definition) is 3. The summed E-state index contributed by atoms with van der Waals surface area (Å²) >= 11 is 1.31. The summed E-state index contributed by atoms with van der Waals surface area (Å²) in [5, 5.41) is 6.75. The Bertz CT molecular complexity index is 470. The van der Waals surface area contributed by atoms with Gasteiger partial charge in [0.15, 0.2) is 5.13 Å². The number of likely N-dealkylation sites (tertiary alicyclic amines) is 1. The number of amides is 1. The van der Waals surface area contributed by atoms with Gasteiger partial charge in [-0.1, -0.05) is 17.8 Å². The van der Waals surface area contributed by atoms with Crippen molar-refractivity contribution in [2.45, 2.75) is 39.2 Å². The van der Waals surface area contributed by atoms with Crippen molar-refractivity contribution in [3.63, 3.8) is 0 Å². The smallest absolute Gasteiger partial charge is 0.265 e. The molecule has 2 heterocycles. The zero-order valence-corrected chi connectivity index (χ0v) is 13.6. The predicted octanol–water partition coefficient (Wildman–Crippen LogP) is 1.76. The second-order valence-corrected chi connectivity index (χ2v) is 6.42. The Morgan fingerprint density at radius 2 is 2.14 bits per heavy atom. The molecule has 6 nitrogen and oxygen atoms in total. The van der Waals surface area contributed by atoms with Gasteiger partial charge in [0, 0.05) is 19.1 Å². The molecule has 1 fully saturated rings. The van der Waals surface area contributed by atoms with E-state index >= 15 is 0 Å².